The third-order valence-corrected chi connectivity index (χ3v) is 3.61. The maximum atomic E-state index is 14.0. The summed E-state index contributed by atoms with van der Waals surface area (Å²) in [6, 6.07) is 2.61. The lowest BCUT2D eigenvalue weighted by Gasteiger charge is -2.35. The highest BCUT2D eigenvalue weighted by Gasteiger charge is 2.38. The Balaban J connectivity index is 2.43. The molecule has 1 saturated carbocycles. The summed E-state index contributed by atoms with van der Waals surface area (Å²) < 4.78 is 27.7. The number of aliphatic hydroxyl groups is 1. The van der Waals surface area contributed by atoms with Crippen molar-refractivity contribution in [2.75, 3.05) is 0 Å². The first-order valence-corrected chi connectivity index (χ1v) is 5.87. The van der Waals surface area contributed by atoms with Crippen LogP contribution in [0.25, 0.3) is 0 Å². The van der Waals surface area contributed by atoms with Gasteiger partial charge in [0.05, 0.1) is 11.2 Å². The van der Waals surface area contributed by atoms with Gasteiger partial charge in [-0.2, -0.15) is 0 Å². The van der Waals surface area contributed by atoms with Crippen LogP contribution in [0.3, 0.4) is 0 Å². The van der Waals surface area contributed by atoms with Gasteiger partial charge in [-0.3, -0.25) is 0 Å². The van der Waals surface area contributed by atoms with Gasteiger partial charge in [-0.15, -0.1) is 0 Å². The second-order valence-electron chi connectivity index (χ2n) is 4.92. The van der Waals surface area contributed by atoms with Crippen molar-refractivity contribution in [3.05, 3.63) is 34.9 Å². The molecule has 0 saturated heterocycles. The van der Waals surface area contributed by atoms with E-state index < -0.39 is 17.2 Å². The van der Waals surface area contributed by atoms with Crippen molar-refractivity contribution in [3.8, 4) is 0 Å². The fourth-order valence-electron chi connectivity index (χ4n) is 2.45. The van der Waals surface area contributed by atoms with E-state index >= 15 is 0 Å². The molecule has 0 unspecified atom stereocenters. The molecule has 0 atom stereocenters. The minimum Gasteiger partial charge on any atom is -0.385 e. The Hall–Kier alpha value is -1.00. The standard InChI is InChI=1S/C13H17F2NO/c1-8-2-3-10(14)11(12(8)15)13(17)6-4-9(16)5-7-13/h2-3,9,17H,4-7,16H2,1H3. The van der Waals surface area contributed by atoms with Crippen molar-refractivity contribution in [1.82, 2.24) is 0 Å². The molecule has 2 nitrogen and oxygen atoms in total. The third-order valence-electron chi connectivity index (χ3n) is 3.61. The average Bonchev–Trinajstić information content (AvgIpc) is 2.29. The molecule has 4 heteroatoms. The largest absolute Gasteiger partial charge is 0.385 e. The van der Waals surface area contributed by atoms with Crippen LogP contribution in [0.15, 0.2) is 12.1 Å². The Bertz CT molecular complexity index is 426. The lowest BCUT2D eigenvalue weighted by atomic mass is 9.77. The molecule has 0 heterocycles. The topological polar surface area (TPSA) is 46.2 Å². The molecule has 0 aliphatic heterocycles. The Morgan fingerprint density at radius 3 is 2.47 bits per heavy atom. The van der Waals surface area contributed by atoms with Gasteiger partial charge in [0.1, 0.15) is 11.6 Å². The van der Waals surface area contributed by atoms with Crippen molar-refractivity contribution in [1.29, 1.82) is 0 Å². The fourth-order valence-corrected chi connectivity index (χ4v) is 2.45. The maximum Gasteiger partial charge on any atom is 0.135 e. The van der Waals surface area contributed by atoms with Crippen LogP contribution in [0.4, 0.5) is 8.78 Å². The molecule has 0 radical (unpaired) electrons. The van der Waals surface area contributed by atoms with E-state index in [-0.39, 0.29) is 11.6 Å². The molecule has 1 aromatic carbocycles. The van der Waals surface area contributed by atoms with Gasteiger partial charge in [0, 0.05) is 6.04 Å². The van der Waals surface area contributed by atoms with E-state index in [0.29, 0.717) is 31.2 Å². The minimum absolute atomic E-state index is 0.0196. The van der Waals surface area contributed by atoms with Crippen molar-refractivity contribution < 1.29 is 13.9 Å². The molecule has 0 amide bonds. The van der Waals surface area contributed by atoms with Crippen molar-refractivity contribution in [2.24, 2.45) is 5.73 Å². The van der Waals surface area contributed by atoms with Crippen molar-refractivity contribution in [3.63, 3.8) is 0 Å². The van der Waals surface area contributed by atoms with Gasteiger partial charge < -0.3 is 10.8 Å². The summed E-state index contributed by atoms with van der Waals surface area (Å²) in [5, 5.41) is 10.4. The zero-order valence-corrected chi connectivity index (χ0v) is 9.84. The first kappa shape index (κ1) is 12.5. The maximum absolute atomic E-state index is 14.0. The second kappa shape index (κ2) is 4.35. The molecular weight excluding hydrogens is 224 g/mol. The van der Waals surface area contributed by atoms with Crippen LogP contribution in [0.5, 0.6) is 0 Å². The average molecular weight is 241 g/mol. The minimum atomic E-state index is -1.41. The predicted octanol–water partition coefficient (Wildman–Crippen LogP) is 2.36. The quantitative estimate of drug-likeness (QED) is 0.793. The summed E-state index contributed by atoms with van der Waals surface area (Å²) in [6.45, 7) is 1.57. The van der Waals surface area contributed by atoms with Crippen LogP contribution in [0.1, 0.15) is 36.8 Å². The molecular formula is C13H17F2NO. The zero-order chi connectivity index (χ0) is 12.6. The first-order chi connectivity index (χ1) is 7.94. The SMILES string of the molecule is Cc1ccc(F)c(C2(O)CCC(N)CC2)c1F. The number of benzene rings is 1. The highest BCUT2D eigenvalue weighted by atomic mass is 19.1. The molecule has 17 heavy (non-hydrogen) atoms. The molecule has 3 N–H and O–H groups in total. The second-order valence-corrected chi connectivity index (χ2v) is 4.92. The van der Waals surface area contributed by atoms with Gasteiger partial charge in [-0.1, -0.05) is 6.07 Å². The number of rotatable bonds is 1. The van der Waals surface area contributed by atoms with Gasteiger partial charge in [0.15, 0.2) is 0 Å². The van der Waals surface area contributed by atoms with Gasteiger partial charge in [0.2, 0.25) is 0 Å². The number of nitrogens with two attached hydrogens (primary N) is 1. The number of hydrogen-bond acceptors (Lipinski definition) is 2. The molecule has 1 fully saturated rings. The predicted molar refractivity (Wildman–Crippen MR) is 61.4 cm³/mol. The molecule has 0 bridgehead atoms. The van der Waals surface area contributed by atoms with E-state index in [1.165, 1.54) is 12.1 Å². The molecule has 1 aromatic rings. The highest BCUT2D eigenvalue weighted by Crippen LogP contribution is 2.39. The summed E-state index contributed by atoms with van der Waals surface area (Å²) in [6.07, 6.45) is 1.80. The zero-order valence-electron chi connectivity index (χ0n) is 9.84. The summed E-state index contributed by atoms with van der Waals surface area (Å²) in [4.78, 5) is 0. The molecule has 0 spiro atoms. The Labute approximate surface area is 99.4 Å². The van der Waals surface area contributed by atoms with Gasteiger partial charge >= 0.3 is 0 Å². The smallest absolute Gasteiger partial charge is 0.135 e. The Morgan fingerprint density at radius 2 is 1.88 bits per heavy atom. The van der Waals surface area contributed by atoms with E-state index in [1.807, 2.05) is 0 Å². The summed E-state index contributed by atoms with van der Waals surface area (Å²) >= 11 is 0. The molecule has 1 aliphatic rings. The molecule has 0 aromatic heterocycles. The summed E-state index contributed by atoms with van der Waals surface area (Å²) in [5.41, 5.74) is 4.50. The summed E-state index contributed by atoms with van der Waals surface area (Å²) in [7, 11) is 0. The number of hydrogen-bond donors (Lipinski definition) is 2. The van der Waals surface area contributed by atoms with Crippen molar-refractivity contribution >= 4 is 0 Å². The van der Waals surface area contributed by atoms with E-state index in [1.54, 1.807) is 6.92 Å². The lowest BCUT2D eigenvalue weighted by Crippen LogP contribution is -2.38. The molecule has 94 valence electrons. The van der Waals surface area contributed by atoms with Gasteiger partial charge in [-0.05, 0) is 44.2 Å². The Morgan fingerprint density at radius 1 is 1.29 bits per heavy atom. The van der Waals surface area contributed by atoms with Crippen LogP contribution in [-0.2, 0) is 5.60 Å². The van der Waals surface area contributed by atoms with Crippen molar-refractivity contribution in [2.45, 2.75) is 44.2 Å². The van der Waals surface area contributed by atoms with E-state index in [2.05, 4.69) is 0 Å². The van der Waals surface area contributed by atoms with Crippen LogP contribution in [0.2, 0.25) is 0 Å². The fraction of sp³-hybridized carbons (Fsp3) is 0.538. The van der Waals surface area contributed by atoms with Crippen LogP contribution in [0, 0.1) is 18.6 Å². The third kappa shape index (κ3) is 2.19. The highest BCUT2D eigenvalue weighted by molar-refractivity contribution is 5.31. The monoisotopic (exact) mass is 241 g/mol. The van der Waals surface area contributed by atoms with E-state index in [9.17, 15) is 13.9 Å². The van der Waals surface area contributed by atoms with E-state index in [0.717, 1.165) is 0 Å². The number of aryl methyl sites for hydroxylation is 1. The molecule has 1 aliphatic carbocycles. The molecule has 2 rings (SSSR count). The van der Waals surface area contributed by atoms with Crippen LogP contribution >= 0.6 is 0 Å². The Kier molecular flexibility index (Phi) is 3.19. The van der Waals surface area contributed by atoms with Crippen LogP contribution < -0.4 is 5.73 Å². The first-order valence-electron chi connectivity index (χ1n) is 5.87. The van der Waals surface area contributed by atoms with E-state index in [4.69, 9.17) is 5.73 Å². The number of halogens is 2. The van der Waals surface area contributed by atoms with Crippen LogP contribution in [-0.4, -0.2) is 11.1 Å². The van der Waals surface area contributed by atoms with Gasteiger partial charge in [0.25, 0.3) is 0 Å². The summed E-state index contributed by atoms with van der Waals surface area (Å²) in [5.74, 6) is -1.31. The normalized spacial score (nSPS) is 29.4. The van der Waals surface area contributed by atoms with Gasteiger partial charge in [-0.25, -0.2) is 8.78 Å². The lowest BCUT2D eigenvalue weighted by molar-refractivity contribution is -0.0113.